The van der Waals surface area contributed by atoms with Crippen LogP contribution in [0, 0.1) is 0 Å². The van der Waals surface area contributed by atoms with Gasteiger partial charge in [0.15, 0.2) is 5.16 Å². The van der Waals surface area contributed by atoms with Crippen molar-refractivity contribution in [3.63, 3.8) is 0 Å². The van der Waals surface area contributed by atoms with Crippen molar-refractivity contribution >= 4 is 28.6 Å². The maximum absolute atomic E-state index is 12.5. The molecule has 2 N–H and O–H groups in total. The van der Waals surface area contributed by atoms with Crippen LogP contribution in [0.3, 0.4) is 0 Å². The predicted molar refractivity (Wildman–Crippen MR) is 87.0 cm³/mol. The molecule has 0 radical (unpaired) electrons. The molecule has 7 heteroatoms. The lowest BCUT2D eigenvalue weighted by molar-refractivity contribution is -0.118. The molecule has 1 aromatic heterocycles. The van der Waals surface area contributed by atoms with Crippen LogP contribution in [0.4, 0.5) is 0 Å². The van der Waals surface area contributed by atoms with Crippen molar-refractivity contribution in [3.8, 4) is 0 Å². The van der Waals surface area contributed by atoms with E-state index in [1.807, 2.05) is 6.07 Å². The maximum atomic E-state index is 12.5. The van der Waals surface area contributed by atoms with Crippen LogP contribution in [0.15, 0.2) is 46.9 Å². The Morgan fingerprint density at radius 3 is 2.95 bits per heavy atom. The summed E-state index contributed by atoms with van der Waals surface area (Å²) in [5.41, 5.74) is 0.454. The van der Waals surface area contributed by atoms with Gasteiger partial charge in [0.25, 0.3) is 5.56 Å². The first kappa shape index (κ1) is 16.3. The van der Waals surface area contributed by atoms with Gasteiger partial charge in [-0.25, -0.2) is 4.98 Å². The molecule has 0 aliphatic rings. The van der Waals surface area contributed by atoms with Crippen molar-refractivity contribution < 1.29 is 9.90 Å². The number of benzene rings is 1. The van der Waals surface area contributed by atoms with Crippen molar-refractivity contribution in [3.05, 3.63) is 47.3 Å². The van der Waals surface area contributed by atoms with Gasteiger partial charge >= 0.3 is 0 Å². The van der Waals surface area contributed by atoms with Crippen molar-refractivity contribution in [2.24, 2.45) is 0 Å². The third-order valence-corrected chi connectivity index (χ3v) is 3.88. The second kappa shape index (κ2) is 7.77. The number of amides is 1. The van der Waals surface area contributed by atoms with Gasteiger partial charge in [-0.05, 0) is 12.1 Å². The maximum Gasteiger partial charge on any atom is 0.262 e. The summed E-state index contributed by atoms with van der Waals surface area (Å²) in [4.78, 5) is 28.6. The molecule has 0 unspecified atom stereocenters. The van der Waals surface area contributed by atoms with Gasteiger partial charge in [0.05, 0.1) is 23.3 Å². The molecule has 0 saturated carbocycles. The first-order valence-electron chi connectivity index (χ1n) is 6.78. The van der Waals surface area contributed by atoms with E-state index in [-0.39, 0.29) is 30.4 Å². The van der Waals surface area contributed by atoms with Gasteiger partial charge < -0.3 is 10.4 Å². The normalized spacial score (nSPS) is 10.6. The largest absolute Gasteiger partial charge is 0.395 e. The van der Waals surface area contributed by atoms with Gasteiger partial charge in [-0.15, -0.1) is 6.58 Å². The number of aliphatic hydroxyl groups is 1. The van der Waals surface area contributed by atoms with Crippen LogP contribution < -0.4 is 10.9 Å². The molecule has 0 aliphatic carbocycles. The Balaban J connectivity index is 2.31. The topological polar surface area (TPSA) is 84.2 Å². The van der Waals surface area contributed by atoms with Gasteiger partial charge in [-0.3, -0.25) is 14.2 Å². The molecular weight excluding hydrogens is 302 g/mol. The smallest absolute Gasteiger partial charge is 0.262 e. The SMILES string of the molecule is C=CCn1c(SCC(=O)NCCO)nc2ccccc2c1=O. The van der Waals surface area contributed by atoms with Crippen molar-refractivity contribution in [2.45, 2.75) is 11.7 Å². The third kappa shape index (κ3) is 3.75. The summed E-state index contributed by atoms with van der Waals surface area (Å²) in [6.45, 7) is 4.09. The number of rotatable bonds is 7. The number of thioether (sulfide) groups is 1. The number of aromatic nitrogens is 2. The molecule has 0 atom stereocenters. The average molecular weight is 319 g/mol. The van der Waals surface area contributed by atoms with E-state index in [9.17, 15) is 9.59 Å². The highest BCUT2D eigenvalue weighted by molar-refractivity contribution is 7.99. The van der Waals surface area contributed by atoms with E-state index in [1.54, 1.807) is 24.3 Å². The average Bonchev–Trinajstić information content (AvgIpc) is 2.54. The minimum Gasteiger partial charge on any atom is -0.395 e. The minimum absolute atomic E-state index is 0.105. The highest BCUT2D eigenvalue weighted by Gasteiger charge is 2.12. The van der Waals surface area contributed by atoms with Crippen LogP contribution in [0.25, 0.3) is 10.9 Å². The van der Waals surface area contributed by atoms with Crippen molar-refractivity contribution in [2.75, 3.05) is 18.9 Å². The molecule has 2 aromatic rings. The fourth-order valence-corrected chi connectivity index (χ4v) is 2.76. The van der Waals surface area contributed by atoms with Crippen molar-refractivity contribution in [1.82, 2.24) is 14.9 Å². The number of carbonyl (C=O) groups is 1. The number of nitrogens with one attached hydrogen (secondary N) is 1. The quantitative estimate of drug-likeness (QED) is 0.448. The molecule has 0 bridgehead atoms. The zero-order valence-electron chi connectivity index (χ0n) is 12.0. The number of para-hydroxylation sites is 1. The summed E-state index contributed by atoms with van der Waals surface area (Å²) in [7, 11) is 0. The molecule has 0 aliphatic heterocycles. The number of aliphatic hydroxyl groups excluding tert-OH is 1. The van der Waals surface area contributed by atoms with E-state index in [0.29, 0.717) is 22.6 Å². The lowest BCUT2D eigenvalue weighted by atomic mass is 10.2. The monoisotopic (exact) mass is 319 g/mol. The Labute approximate surface area is 131 Å². The van der Waals surface area contributed by atoms with Gasteiger partial charge in [-0.2, -0.15) is 0 Å². The molecule has 22 heavy (non-hydrogen) atoms. The molecule has 1 amide bonds. The van der Waals surface area contributed by atoms with E-state index in [2.05, 4.69) is 16.9 Å². The number of hydrogen-bond donors (Lipinski definition) is 2. The zero-order valence-corrected chi connectivity index (χ0v) is 12.8. The molecule has 1 heterocycles. The fourth-order valence-electron chi connectivity index (χ4n) is 1.92. The highest BCUT2D eigenvalue weighted by atomic mass is 32.2. The molecule has 0 saturated heterocycles. The van der Waals surface area contributed by atoms with E-state index in [0.717, 1.165) is 0 Å². The molecule has 0 fully saturated rings. The third-order valence-electron chi connectivity index (χ3n) is 2.90. The van der Waals surface area contributed by atoms with E-state index in [4.69, 9.17) is 5.11 Å². The lowest BCUT2D eigenvalue weighted by Gasteiger charge is -2.11. The van der Waals surface area contributed by atoms with Gasteiger partial charge in [0, 0.05) is 13.1 Å². The molecule has 1 aromatic carbocycles. The predicted octanol–water partition coefficient (Wildman–Crippen LogP) is 0.783. The van der Waals surface area contributed by atoms with Crippen LogP contribution in [0.2, 0.25) is 0 Å². The number of fused-ring (bicyclic) bond motifs is 1. The van der Waals surface area contributed by atoms with Gasteiger partial charge in [0.2, 0.25) is 5.91 Å². The van der Waals surface area contributed by atoms with E-state index >= 15 is 0 Å². The Bertz CT molecular complexity index is 742. The number of carbonyl (C=O) groups excluding carboxylic acids is 1. The van der Waals surface area contributed by atoms with Crippen molar-refractivity contribution in [1.29, 1.82) is 0 Å². The fraction of sp³-hybridized carbons (Fsp3) is 0.267. The highest BCUT2D eigenvalue weighted by Crippen LogP contribution is 2.17. The standard InChI is InChI=1S/C15H17N3O3S/c1-2-8-18-14(21)11-5-3-4-6-12(11)17-15(18)22-10-13(20)16-7-9-19/h2-6,19H,1,7-10H2,(H,16,20). The van der Waals surface area contributed by atoms with Crippen LogP contribution in [0.5, 0.6) is 0 Å². The summed E-state index contributed by atoms with van der Waals surface area (Å²) in [5, 5.41) is 12.3. The number of nitrogens with zero attached hydrogens (tertiary/aromatic N) is 2. The van der Waals surface area contributed by atoms with Crippen LogP contribution in [-0.4, -0.2) is 39.5 Å². The van der Waals surface area contributed by atoms with Crippen LogP contribution >= 0.6 is 11.8 Å². The number of hydrogen-bond acceptors (Lipinski definition) is 5. The Morgan fingerprint density at radius 1 is 1.45 bits per heavy atom. The second-order valence-electron chi connectivity index (χ2n) is 4.48. The summed E-state index contributed by atoms with van der Waals surface area (Å²) >= 11 is 1.18. The Kier molecular flexibility index (Phi) is 5.74. The Hall–Kier alpha value is -2.12. The summed E-state index contributed by atoms with van der Waals surface area (Å²) in [5.74, 6) is -0.0892. The lowest BCUT2D eigenvalue weighted by Crippen LogP contribution is -2.29. The minimum atomic E-state index is -0.216. The van der Waals surface area contributed by atoms with Crippen LogP contribution in [0.1, 0.15) is 0 Å². The second-order valence-corrected chi connectivity index (χ2v) is 5.42. The zero-order chi connectivity index (χ0) is 15.9. The van der Waals surface area contributed by atoms with Gasteiger partial charge in [0.1, 0.15) is 0 Å². The van der Waals surface area contributed by atoms with Gasteiger partial charge in [-0.1, -0.05) is 30.0 Å². The van der Waals surface area contributed by atoms with E-state index < -0.39 is 0 Å². The van der Waals surface area contributed by atoms with E-state index in [1.165, 1.54) is 16.3 Å². The van der Waals surface area contributed by atoms with Crippen LogP contribution in [-0.2, 0) is 11.3 Å². The molecule has 116 valence electrons. The molecule has 2 rings (SSSR count). The molecule has 6 nitrogen and oxygen atoms in total. The Morgan fingerprint density at radius 2 is 2.23 bits per heavy atom. The summed E-state index contributed by atoms with van der Waals surface area (Å²) in [6, 6.07) is 7.10. The molecule has 0 spiro atoms. The first-order valence-corrected chi connectivity index (χ1v) is 7.76. The molecular formula is C15H17N3O3S. The summed E-state index contributed by atoms with van der Waals surface area (Å²) < 4.78 is 1.50. The summed E-state index contributed by atoms with van der Waals surface area (Å²) in [6.07, 6.45) is 1.62. The number of allylic oxidation sites excluding steroid dienone is 1. The first-order chi connectivity index (χ1) is 10.7.